The van der Waals surface area contributed by atoms with Crippen LogP contribution in [0.3, 0.4) is 0 Å². The second-order valence-corrected chi connectivity index (χ2v) is 5.17. The molecule has 1 heterocycles. The van der Waals surface area contributed by atoms with E-state index in [2.05, 4.69) is 15.5 Å². The lowest BCUT2D eigenvalue weighted by Gasteiger charge is -2.06. The molecule has 1 aromatic carbocycles. The third-order valence-corrected chi connectivity index (χ3v) is 3.82. The number of anilines is 1. The number of hydrogen-bond donors (Lipinski definition) is 2. The maximum atomic E-state index is 9.04. The molecule has 0 saturated carbocycles. The largest absolute Gasteiger partial charge is 0.345 e. The first-order valence-corrected chi connectivity index (χ1v) is 7.15. The predicted molar refractivity (Wildman–Crippen MR) is 83.5 cm³/mol. The summed E-state index contributed by atoms with van der Waals surface area (Å²) in [6.07, 6.45) is 3.23. The van der Waals surface area contributed by atoms with Crippen LogP contribution in [-0.2, 0) is 12.8 Å². The van der Waals surface area contributed by atoms with Gasteiger partial charge < -0.3 is 5.32 Å². The second kappa shape index (κ2) is 6.05. The topological polar surface area (TPSA) is 112 Å². The standard InChI is InChI=1S/C17H12N6/c18-8-12(9-19)16(10-20)21-13-6-4-11(5-7-13)17-14-2-1-3-15(14)22-23-17/h4-7,21H,1-3H2,(H,22,23). The number of allylic oxidation sites excluding steroid dienone is 2. The summed E-state index contributed by atoms with van der Waals surface area (Å²) in [4.78, 5) is 0. The van der Waals surface area contributed by atoms with Gasteiger partial charge in [-0.05, 0) is 31.4 Å². The summed E-state index contributed by atoms with van der Waals surface area (Å²) in [5.41, 5.74) is 4.81. The molecular formula is C17H12N6. The third kappa shape index (κ3) is 2.64. The van der Waals surface area contributed by atoms with Crippen molar-refractivity contribution >= 4 is 5.69 Å². The first kappa shape index (κ1) is 14.4. The second-order valence-electron chi connectivity index (χ2n) is 5.17. The van der Waals surface area contributed by atoms with Crippen LogP contribution in [0.15, 0.2) is 35.5 Å². The van der Waals surface area contributed by atoms with Crippen molar-refractivity contribution < 1.29 is 0 Å². The van der Waals surface area contributed by atoms with Gasteiger partial charge in [-0.2, -0.15) is 20.9 Å². The fourth-order valence-corrected chi connectivity index (χ4v) is 2.70. The van der Waals surface area contributed by atoms with Crippen LogP contribution in [0.25, 0.3) is 11.3 Å². The van der Waals surface area contributed by atoms with E-state index in [-0.39, 0.29) is 11.3 Å². The lowest BCUT2D eigenvalue weighted by molar-refractivity contribution is 0.867. The average molecular weight is 300 g/mol. The number of nitrogens with one attached hydrogen (secondary N) is 2. The van der Waals surface area contributed by atoms with Gasteiger partial charge >= 0.3 is 0 Å². The van der Waals surface area contributed by atoms with Gasteiger partial charge in [-0.1, -0.05) is 12.1 Å². The highest BCUT2D eigenvalue weighted by Crippen LogP contribution is 2.30. The fourth-order valence-electron chi connectivity index (χ4n) is 2.70. The van der Waals surface area contributed by atoms with Crippen LogP contribution in [0.2, 0.25) is 0 Å². The summed E-state index contributed by atoms with van der Waals surface area (Å²) in [6, 6.07) is 12.7. The highest BCUT2D eigenvalue weighted by molar-refractivity contribution is 5.68. The zero-order valence-corrected chi connectivity index (χ0v) is 12.2. The van der Waals surface area contributed by atoms with Gasteiger partial charge in [0.2, 0.25) is 0 Å². The van der Waals surface area contributed by atoms with Crippen LogP contribution >= 0.6 is 0 Å². The van der Waals surface area contributed by atoms with E-state index >= 15 is 0 Å². The van der Waals surface area contributed by atoms with E-state index in [1.807, 2.05) is 18.2 Å². The Hall–Kier alpha value is -3.56. The number of aryl methyl sites for hydroxylation is 1. The van der Waals surface area contributed by atoms with E-state index in [4.69, 9.17) is 15.8 Å². The number of aromatic nitrogens is 2. The molecule has 1 aromatic heterocycles. The van der Waals surface area contributed by atoms with Crippen molar-refractivity contribution in [3.63, 3.8) is 0 Å². The van der Waals surface area contributed by atoms with E-state index in [0.29, 0.717) is 5.69 Å². The molecule has 0 fully saturated rings. The fraction of sp³-hybridized carbons (Fsp3) is 0.176. The molecular weight excluding hydrogens is 288 g/mol. The number of hydrogen-bond acceptors (Lipinski definition) is 5. The van der Waals surface area contributed by atoms with Crippen molar-refractivity contribution in [2.24, 2.45) is 0 Å². The van der Waals surface area contributed by atoms with Gasteiger partial charge in [0.1, 0.15) is 23.9 Å². The molecule has 23 heavy (non-hydrogen) atoms. The maximum Gasteiger partial charge on any atom is 0.163 e. The smallest absolute Gasteiger partial charge is 0.163 e. The highest BCUT2D eigenvalue weighted by atomic mass is 15.1. The molecule has 0 atom stereocenters. The minimum absolute atomic E-state index is 0.0524. The molecule has 2 N–H and O–H groups in total. The van der Waals surface area contributed by atoms with Crippen LogP contribution in [0.5, 0.6) is 0 Å². The molecule has 0 aliphatic heterocycles. The zero-order chi connectivity index (χ0) is 16.2. The molecule has 1 aliphatic carbocycles. The molecule has 1 aliphatic rings. The summed E-state index contributed by atoms with van der Waals surface area (Å²) in [5, 5.41) is 37.0. The molecule has 3 rings (SSSR count). The number of nitrogens with zero attached hydrogens (tertiary/aromatic N) is 4. The Morgan fingerprint density at radius 3 is 2.43 bits per heavy atom. The van der Waals surface area contributed by atoms with Gasteiger partial charge in [0.25, 0.3) is 0 Å². The highest BCUT2D eigenvalue weighted by Gasteiger charge is 2.19. The Labute approximate surface area is 133 Å². The zero-order valence-electron chi connectivity index (χ0n) is 12.2. The van der Waals surface area contributed by atoms with Crippen molar-refractivity contribution in [3.05, 3.63) is 46.8 Å². The van der Waals surface area contributed by atoms with Gasteiger partial charge in [-0.25, -0.2) is 0 Å². The average Bonchev–Trinajstić information content (AvgIpc) is 3.19. The van der Waals surface area contributed by atoms with Crippen LogP contribution < -0.4 is 5.32 Å². The van der Waals surface area contributed by atoms with Crippen molar-refractivity contribution in [1.29, 1.82) is 15.8 Å². The van der Waals surface area contributed by atoms with E-state index in [9.17, 15) is 0 Å². The minimum atomic E-state index is -0.235. The van der Waals surface area contributed by atoms with Crippen molar-refractivity contribution in [2.75, 3.05) is 5.32 Å². The lowest BCUT2D eigenvalue weighted by Crippen LogP contribution is -2.00. The van der Waals surface area contributed by atoms with E-state index in [1.54, 1.807) is 24.3 Å². The first-order valence-electron chi connectivity index (χ1n) is 7.15. The summed E-state index contributed by atoms with van der Waals surface area (Å²) < 4.78 is 0. The van der Waals surface area contributed by atoms with E-state index in [0.717, 1.165) is 30.5 Å². The molecule has 0 saturated heterocycles. The van der Waals surface area contributed by atoms with Gasteiger partial charge in [0.05, 0.1) is 5.69 Å². The number of rotatable bonds is 3. The van der Waals surface area contributed by atoms with Crippen molar-refractivity contribution in [2.45, 2.75) is 19.3 Å². The van der Waals surface area contributed by atoms with Crippen molar-refractivity contribution in [1.82, 2.24) is 10.2 Å². The first-order chi connectivity index (χ1) is 11.3. The van der Waals surface area contributed by atoms with Gasteiger partial charge in [-0.15, -0.1) is 0 Å². The van der Waals surface area contributed by atoms with E-state index < -0.39 is 0 Å². The summed E-state index contributed by atoms with van der Waals surface area (Å²) in [7, 11) is 0. The summed E-state index contributed by atoms with van der Waals surface area (Å²) in [5.74, 6) is 0. The maximum absolute atomic E-state index is 9.04. The Morgan fingerprint density at radius 1 is 1.04 bits per heavy atom. The van der Waals surface area contributed by atoms with Crippen LogP contribution in [0.1, 0.15) is 17.7 Å². The SMILES string of the molecule is N#CC(C#N)=C(C#N)Nc1ccc(-c2n[nH]c3c2CCC3)cc1. The minimum Gasteiger partial charge on any atom is -0.345 e. The quantitative estimate of drug-likeness (QED) is 0.846. The van der Waals surface area contributed by atoms with Crippen molar-refractivity contribution in [3.8, 4) is 29.5 Å². The molecule has 0 spiro atoms. The molecule has 110 valence electrons. The number of aromatic amines is 1. The Morgan fingerprint density at radius 2 is 1.78 bits per heavy atom. The van der Waals surface area contributed by atoms with Gasteiger partial charge in [-0.3, -0.25) is 5.10 Å². The lowest BCUT2D eigenvalue weighted by atomic mass is 10.1. The third-order valence-electron chi connectivity index (χ3n) is 3.82. The molecule has 0 unspecified atom stereocenters. The molecule has 0 bridgehead atoms. The van der Waals surface area contributed by atoms with Crippen LogP contribution in [0.4, 0.5) is 5.69 Å². The normalized spacial score (nSPS) is 11.7. The predicted octanol–water partition coefficient (Wildman–Crippen LogP) is 2.80. The van der Waals surface area contributed by atoms with Crippen LogP contribution in [-0.4, -0.2) is 10.2 Å². The summed E-state index contributed by atoms with van der Waals surface area (Å²) >= 11 is 0. The Kier molecular flexibility index (Phi) is 3.78. The summed E-state index contributed by atoms with van der Waals surface area (Å²) in [6.45, 7) is 0. The monoisotopic (exact) mass is 300 g/mol. The van der Waals surface area contributed by atoms with E-state index in [1.165, 1.54) is 11.3 Å². The molecule has 6 nitrogen and oxygen atoms in total. The molecule has 6 heteroatoms. The van der Waals surface area contributed by atoms with Gasteiger partial charge in [0.15, 0.2) is 5.57 Å². The Bertz CT molecular complexity index is 881. The Balaban J connectivity index is 1.86. The number of nitriles is 3. The van der Waals surface area contributed by atoms with Gasteiger partial charge in [0, 0.05) is 22.5 Å². The molecule has 2 aromatic rings. The van der Waals surface area contributed by atoms with Crippen LogP contribution in [0, 0.1) is 34.0 Å². The molecule has 0 amide bonds. The number of benzene rings is 1. The number of fused-ring (bicyclic) bond motifs is 1. The number of H-pyrrole nitrogens is 1. The molecule has 0 radical (unpaired) electrons.